The zero-order valence-corrected chi connectivity index (χ0v) is 15.2. The molecule has 0 aromatic carbocycles. The summed E-state index contributed by atoms with van der Waals surface area (Å²) in [7, 11) is 0. The van der Waals surface area contributed by atoms with Crippen LogP contribution in [0.15, 0.2) is 18.7 Å². The van der Waals surface area contributed by atoms with Gasteiger partial charge >= 0.3 is 0 Å². The summed E-state index contributed by atoms with van der Waals surface area (Å²) in [6, 6.07) is 0. The SMILES string of the molecule is CCCCC1CCC(C(=O)NCCCc2cnc3ncnn3c2)CC1. The second kappa shape index (κ2) is 8.92. The number of nitrogens with zero attached hydrogens (tertiary/aromatic N) is 4. The molecule has 0 bridgehead atoms. The molecule has 1 saturated carbocycles. The molecule has 6 heteroatoms. The number of aromatic nitrogens is 4. The van der Waals surface area contributed by atoms with Gasteiger partial charge in [0.15, 0.2) is 0 Å². The van der Waals surface area contributed by atoms with Crippen LogP contribution in [0, 0.1) is 11.8 Å². The van der Waals surface area contributed by atoms with Crippen molar-refractivity contribution in [3.63, 3.8) is 0 Å². The van der Waals surface area contributed by atoms with Crippen LogP contribution in [0.25, 0.3) is 5.78 Å². The molecular weight excluding hydrogens is 314 g/mol. The Balaban J connectivity index is 1.34. The largest absolute Gasteiger partial charge is 0.356 e. The first-order valence-corrected chi connectivity index (χ1v) is 9.68. The molecule has 1 aliphatic carbocycles. The van der Waals surface area contributed by atoms with E-state index >= 15 is 0 Å². The van der Waals surface area contributed by atoms with E-state index in [2.05, 4.69) is 27.3 Å². The number of hydrogen-bond donors (Lipinski definition) is 1. The molecule has 3 rings (SSSR count). The normalized spacial score (nSPS) is 20.7. The van der Waals surface area contributed by atoms with Crippen LogP contribution < -0.4 is 5.32 Å². The highest BCUT2D eigenvalue weighted by Gasteiger charge is 2.25. The van der Waals surface area contributed by atoms with Crippen molar-refractivity contribution in [2.75, 3.05) is 6.54 Å². The van der Waals surface area contributed by atoms with Crippen molar-refractivity contribution in [3.8, 4) is 0 Å². The summed E-state index contributed by atoms with van der Waals surface area (Å²) in [4.78, 5) is 20.6. The van der Waals surface area contributed by atoms with Crippen molar-refractivity contribution >= 4 is 11.7 Å². The van der Waals surface area contributed by atoms with E-state index in [1.165, 1.54) is 38.4 Å². The summed E-state index contributed by atoms with van der Waals surface area (Å²) in [5.74, 6) is 1.94. The number of rotatable bonds is 8. The third-order valence-electron chi connectivity index (χ3n) is 5.31. The second-order valence-electron chi connectivity index (χ2n) is 7.22. The lowest BCUT2D eigenvalue weighted by Gasteiger charge is -2.27. The van der Waals surface area contributed by atoms with Crippen molar-refractivity contribution in [1.82, 2.24) is 24.9 Å². The van der Waals surface area contributed by atoms with Crippen LogP contribution in [0.4, 0.5) is 0 Å². The Kier molecular flexibility index (Phi) is 6.36. The summed E-state index contributed by atoms with van der Waals surface area (Å²) in [6.45, 7) is 2.98. The van der Waals surface area contributed by atoms with Gasteiger partial charge in [-0.25, -0.2) is 9.50 Å². The third-order valence-corrected chi connectivity index (χ3v) is 5.31. The Bertz CT molecular complexity index is 675. The van der Waals surface area contributed by atoms with E-state index < -0.39 is 0 Å². The van der Waals surface area contributed by atoms with Gasteiger partial charge in [0.1, 0.15) is 6.33 Å². The smallest absolute Gasteiger partial charge is 0.252 e. The Labute approximate surface area is 149 Å². The average Bonchev–Trinajstić information content (AvgIpc) is 3.11. The molecule has 1 fully saturated rings. The summed E-state index contributed by atoms with van der Waals surface area (Å²) < 4.78 is 1.69. The number of nitrogens with one attached hydrogen (secondary N) is 1. The number of amides is 1. The molecule has 0 unspecified atom stereocenters. The predicted molar refractivity (Wildman–Crippen MR) is 97.1 cm³/mol. The second-order valence-corrected chi connectivity index (χ2v) is 7.22. The molecule has 2 aromatic rings. The summed E-state index contributed by atoms with van der Waals surface area (Å²) >= 11 is 0. The van der Waals surface area contributed by atoms with E-state index in [4.69, 9.17) is 0 Å². The Morgan fingerprint density at radius 3 is 2.88 bits per heavy atom. The topological polar surface area (TPSA) is 72.2 Å². The molecule has 0 radical (unpaired) electrons. The van der Waals surface area contributed by atoms with Gasteiger partial charge in [0.2, 0.25) is 5.91 Å². The van der Waals surface area contributed by atoms with Gasteiger partial charge < -0.3 is 5.32 Å². The lowest BCUT2D eigenvalue weighted by atomic mass is 9.79. The van der Waals surface area contributed by atoms with Crippen molar-refractivity contribution in [3.05, 3.63) is 24.3 Å². The van der Waals surface area contributed by atoms with E-state index in [0.29, 0.717) is 5.78 Å². The quantitative estimate of drug-likeness (QED) is 0.747. The van der Waals surface area contributed by atoms with Gasteiger partial charge in [0, 0.05) is 24.9 Å². The molecule has 1 amide bonds. The van der Waals surface area contributed by atoms with E-state index in [1.807, 2.05) is 12.4 Å². The minimum Gasteiger partial charge on any atom is -0.356 e. The van der Waals surface area contributed by atoms with Gasteiger partial charge in [-0.3, -0.25) is 4.79 Å². The number of hydrogen-bond acceptors (Lipinski definition) is 4. The van der Waals surface area contributed by atoms with E-state index in [9.17, 15) is 4.79 Å². The maximum Gasteiger partial charge on any atom is 0.252 e. The number of fused-ring (bicyclic) bond motifs is 1. The van der Waals surface area contributed by atoms with Crippen molar-refractivity contribution < 1.29 is 4.79 Å². The fraction of sp³-hybridized carbons (Fsp3) is 0.684. The first kappa shape index (κ1) is 17.8. The zero-order chi connectivity index (χ0) is 17.5. The Hall–Kier alpha value is -1.98. The molecule has 25 heavy (non-hydrogen) atoms. The summed E-state index contributed by atoms with van der Waals surface area (Å²) in [5.41, 5.74) is 1.11. The molecule has 0 spiro atoms. The van der Waals surface area contributed by atoms with Gasteiger partial charge in [-0.05, 0) is 50.0 Å². The van der Waals surface area contributed by atoms with Gasteiger partial charge in [-0.15, -0.1) is 0 Å². The van der Waals surface area contributed by atoms with Gasteiger partial charge in [0.25, 0.3) is 5.78 Å². The minimum absolute atomic E-state index is 0.228. The summed E-state index contributed by atoms with van der Waals surface area (Å²) in [6.07, 6.45) is 15.6. The highest BCUT2D eigenvalue weighted by Crippen LogP contribution is 2.31. The molecule has 136 valence electrons. The molecular formula is C19H29N5O. The predicted octanol–water partition coefficient (Wildman–Crippen LogP) is 3.17. The van der Waals surface area contributed by atoms with Crippen LogP contribution in [0.5, 0.6) is 0 Å². The number of carbonyl (C=O) groups is 1. The number of carbonyl (C=O) groups excluding carboxylic acids is 1. The first-order valence-electron chi connectivity index (χ1n) is 9.68. The molecule has 1 N–H and O–H groups in total. The maximum absolute atomic E-state index is 12.3. The van der Waals surface area contributed by atoms with Crippen LogP contribution in [0.2, 0.25) is 0 Å². The summed E-state index contributed by atoms with van der Waals surface area (Å²) in [5, 5.41) is 7.21. The van der Waals surface area contributed by atoms with Gasteiger partial charge in [-0.1, -0.05) is 26.2 Å². The van der Waals surface area contributed by atoms with E-state index in [-0.39, 0.29) is 11.8 Å². The fourth-order valence-corrected chi connectivity index (χ4v) is 3.74. The van der Waals surface area contributed by atoms with Crippen molar-refractivity contribution in [2.45, 2.75) is 64.7 Å². The van der Waals surface area contributed by atoms with Crippen LogP contribution in [0.3, 0.4) is 0 Å². The molecule has 0 aliphatic heterocycles. The highest BCUT2D eigenvalue weighted by molar-refractivity contribution is 5.78. The lowest BCUT2D eigenvalue weighted by Crippen LogP contribution is -2.34. The Morgan fingerprint density at radius 2 is 2.08 bits per heavy atom. The highest BCUT2D eigenvalue weighted by atomic mass is 16.1. The van der Waals surface area contributed by atoms with E-state index in [0.717, 1.165) is 43.7 Å². The first-order chi connectivity index (χ1) is 12.3. The molecule has 2 heterocycles. The van der Waals surface area contributed by atoms with Gasteiger partial charge in [-0.2, -0.15) is 10.1 Å². The van der Waals surface area contributed by atoms with Crippen LogP contribution in [0.1, 0.15) is 63.9 Å². The molecule has 1 aliphatic rings. The Morgan fingerprint density at radius 1 is 1.24 bits per heavy atom. The fourth-order valence-electron chi connectivity index (χ4n) is 3.74. The van der Waals surface area contributed by atoms with Crippen molar-refractivity contribution in [2.24, 2.45) is 11.8 Å². The average molecular weight is 343 g/mol. The van der Waals surface area contributed by atoms with Crippen molar-refractivity contribution in [1.29, 1.82) is 0 Å². The molecule has 6 nitrogen and oxygen atoms in total. The number of aryl methyl sites for hydroxylation is 1. The molecule has 0 atom stereocenters. The maximum atomic E-state index is 12.3. The van der Waals surface area contributed by atoms with Gasteiger partial charge in [0.05, 0.1) is 0 Å². The van der Waals surface area contributed by atoms with Crippen LogP contribution >= 0.6 is 0 Å². The minimum atomic E-state index is 0.228. The van der Waals surface area contributed by atoms with E-state index in [1.54, 1.807) is 4.52 Å². The van der Waals surface area contributed by atoms with Crippen LogP contribution in [-0.4, -0.2) is 32.0 Å². The molecule has 0 saturated heterocycles. The monoisotopic (exact) mass is 343 g/mol. The lowest BCUT2D eigenvalue weighted by molar-refractivity contribution is -0.126. The third kappa shape index (κ3) is 5.00. The van der Waals surface area contributed by atoms with Crippen LogP contribution in [-0.2, 0) is 11.2 Å². The number of unbranched alkanes of at least 4 members (excludes halogenated alkanes) is 1. The standard InChI is InChI=1S/C19H29N5O/c1-2-3-5-15-7-9-17(10-8-15)18(25)20-11-4-6-16-12-21-19-22-14-23-24(19)13-16/h12-15,17H,2-11H2,1H3,(H,20,25). The zero-order valence-electron chi connectivity index (χ0n) is 15.2. The molecule has 2 aromatic heterocycles.